The number of hydrogen-bond donors (Lipinski definition) is 2. The Bertz CT molecular complexity index is 295. The first kappa shape index (κ1) is 10.0. The third kappa shape index (κ3) is 1.81. The van der Waals surface area contributed by atoms with Gasteiger partial charge in [0.25, 0.3) is 0 Å². The average molecular weight is 188 g/mol. The van der Waals surface area contributed by atoms with Crippen LogP contribution in [0.25, 0.3) is 0 Å². The zero-order chi connectivity index (χ0) is 10.1. The molecule has 1 atom stereocenters. The van der Waals surface area contributed by atoms with Crippen molar-refractivity contribution in [1.82, 2.24) is 4.98 Å². The summed E-state index contributed by atoms with van der Waals surface area (Å²) in [6.45, 7) is 0.805. The summed E-state index contributed by atoms with van der Waals surface area (Å²) in [6, 6.07) is 0. The van der Waals surface area contributed by atoms with E-state index in [1.165, 1.54) is 6.92 Å². The van der Waals surface area contributed by atoms with Crippen molar-refractivity contribution < 1.29 is 13.9 Å². The SMILES string of the molecule is CC(N)(CO)c1c(F)cncc1F. The van der Waals surface area contributed by atoms with Crippen LogP contribution in [0.5, 0.6) is 0 Å². The van der Waals surface area contributed by atoms with Gasteiger partial charge in [-0.25, -0.2) is 8.78 Å². The Morgan fingerprint density at radius 1 is 1.46 bits per heavy atom. The van der Waals surface area contributed by atoms with Crippen LogP contribution in [0.15, 0.2) is 12.4 Å². The Labute approximate surface area is 74.2 Å². The van der Waals surface area contributed by atoms with Gasteiger partial charge >= 0.3 is 0 Å². The monoisotopic (exact) mass is 188 g/mol. The van der Waals surface area contributed by atoms with Gasteiger partial charge in [-0.05, 0) is 6.92 Å². The van der Waals surface area contributed by atoms with Crippen LogP contribution in [0.4, 0.5) is 8.78 Å². The summed E-state index contributed by atoms with van der Waals surface area (Å²) >= 11 is 0. The Balaban J connectivity index is 3.28. The van der Waals surface area contributed by atoms with E-state index in [2.05, 4.69) is 4.98 Å². The van der Waals surface area contributed by atoms with Crippen LogP contribution in [0.3, 0.4) is 0 Å². The molecular weight excluding hydrogens is 178 g/mol. The Hall–Kier alpha value is -1.07. The maximum absolute atomic E-state index is 13.0. The van der Waals surface area contributed by atoms with Crippen LogP contribution in [0.1, 0.15) is 12.5 Å². The van der Waals surface area contributed by atoms with Crippen molar-refractivity contribution in [3.05, 3.63) is 29.6 Å². The molecule has 1 aromatic heterocycles. The van der Waals surface area contributed by atoms with E-state index < -0.39 is 23.8 Å². The number of rotatable bonds is 2. The molecule has 0 bridgehead atoms. The van der Waals surface area contributed by atoms with Crippen molar-refractivity contribution in [2.75, 3.05) is 6.61 Å². The summed E-state index contributed by atoms with van der Waals surface area (Å²) in [6.07, 6.45) is 1.72. The van der Waals surface area contributed by atoms with Gasteiger partial charge in [0, 0.05) is 5.56 Å². The van der Waals surface area contributed by atoms with Crippen molar-refractivity contribution in [2.45, 2.75) is 12.5 Å². The van der Waals surface area contributed by atoms with Crippen LogP contribution >= 0.6 is 0 Å². The third-order valence-corrected chi connectivity index (χ3v) is 1.75. The summed E-state index contributed by atoms with van der Waals surface area (Å²) < 4.78 is 26.1. The van der Waals surface area contributed by atoms with E-state index in [1.807, 2.05) is 0 Å². The summed E-state index contributed by atoms with van der Waals surface area (Å²) in [7, 11) is 0. The second-order valence-corrected chi connectivity index (χ2v) is 3.05. The lowest BCUT2D eigenvalue weighted by Gasteiger charge is -2.22. The second kappa shape index (κ2) is 3.35. The lowest BCUT2D eigenvalue weighted by atomic mass is 9.94. The Morgan fingerprint density at radius 2 is 1.92 bits per heavy atom. The van der Waals surface area contributed by atoms with Crippen molar-refractivity contribution in [3.8, 4) is 0 Å². The number of aliphatic hydroxyl groups excluding tert-OH is 1. The normalized spacial score (nSPS) is 15.5. The minimum Gasteiger partial charge on any atom is -0.394 e. The summed E-state index contributed by atoms with van der Waals surface area (Å²) in [4.78, 5) is 3.31. The Morgan fingerprint density at radius 3 is 2.31 bits per heavy atom. The number of nitrogens with zero attached hydrogens (tertiary/aromatic N) is 1. The molecule has 0 aromatic carbocycles. The highest BCUT2D eigenvalue weighted by molar-refractivity contribution is 5.23. The molecule has 5 heteroatoms. The van der Waals surface area contributed by atoms with Gasteiger partial charge in [0.1, 0.15) is 11.6 Å². The molecule has 0 radical (unpaired) electrons. The molecule has 1 unspecified atom stereocenters. The molecule has 0 aliphatic rings. The van der Waals surface area contributed by atoms with Gasteiger partial charge in [0.05, 0.1) is 24.5 Å². The first-order valence-electron chi connectivity index (χ1n) is 3.68. The maximum atomic E-state index is 13.0. The van der Waals surface area contributed by atoms with Crippen LogP contribution in [0.2, 0.25) is 0 Å². The van der Waals surface area contributed by atoms with Crippen molar-refractivity contribution in [3.63, 3.8) is 0 Å². The molecular formula is C8H10F2N2O. The fourth-order valence-electron chi connectivity index (χ4n) is 1.04. The first-order valence-corrected chi connectivity index (χ1v) is 3.68. The molecule has 1 heterocycles. The van der Waals surface area contributed by atoms with E-state index in [1.54, 1.807) is 0 Å². The smallest absolute Gasteiger partial charge is 0.149 e. The van der Waals surface area contributed by atoms with Gasteiger partial charge < -0.3 is 10.8 Å². The highest BCUT2D eigenvalue weighted by Crippen LogP contribution is 2.22. The van der Waals surface area contributed by atoms with E-state index in [-0.39, 0.29) is 5.56 Å². The average Bonchev–Trinajstić information content (AvgIpc) is 2.03. The molecule has 0 fully saturated rings. The maximum Gasteiger partial charge on any atom is 0.149 e. The standard InChI is InChI=1S/C8H10F2N2O/c1-8(11,4-13)7-5(9)2-12-3-6(7)10/h2-3,13H,4,11H2,1H3. The molecule has 0 saturated heterocycles. The highest BCUT2D eigenvalue weighted by Gasteiger charge is 2.27. The number of nitrogens with two attached hydrogens (primary N) is 1. The fraction of sp³-hybridized carbons (Fsp3) is 0.375. The summed E-state index contributed by atoms with van der Waals surface area (Å²) in [5, 5.41) is 8.82. The van der Waals surface area contributed by atoms with Gasteiger partial charge in [-0.2, -0.15) is 0 Å². The van der Waals surface area contributed by atoms with Crippen LogP contribution in [-0.4, -0.2) is 16.7 Å². The number of halogens is 2. The minimum atomic E-state index is -1.42. The summed E-state index contributed by atoms with van der Waals surface area (Å²) in [5.74, 6) is -1.70. The van der Waals surface area contributed by atoms with Gasteiger partial charge in [0.2, 0.25) is 0 Å². The number of aliphatic hydroxyl groups is 1. The highest BCUT2D eigenvalue weighted by atomic mass is 19.1. The van der Waals surface area contributed by atoms with Crippen molar-refractivity contribution >= 4 is 0 Å². The third-order valence-electron chi connectivity index (χ3n) is 1.75. The van der Waals surface area contributed by atoms with Gasteiger partial charge in [-0.3, -0.25) is 4.98 Å². The van der Waals surface area contributed by atoms with Crippen molar-refractivity contribution in [2.24, 2.45) is 5.73 Å². The molecule has 72 valence electrons. The molecule has 1 rings (SSSR count). The number of aromatic nitrogens is 1. The number of hydrogen-bond acceptors (Lipinski definition) is 3. The van der Waals surface area contributed by atoms with E-state index in [0.717, 1.165) is 12.4 Å². The molecule has 0 aliphatic carbocycles. The van der Waals surface area contributed by atoms with E-state index in [4.69, 9.17) is 10.8 Å². The predicted molar refractivity (Wildman–Crippen MR) is 42.8 cm³/mol. The molecule has 13 heavy (non-hydrogen) atoms. The van der Waals surface area contributed by atoms with E-state index in [0.29, 0.717) is 0 Å². The van der Waals surface area contributed by atoms with Gasteiger partial charge in [0.15, 0.2) is 0 Å². The number of pyridine rings is 1. The molecule has 3 N–H and O–H groups in total. The fourth-order valence-corrected chi connectivity index (χ4v) is 1.04. The Kier molecular flexibility index (Phi) is 2.58. The van der Waals surface area contributed by atoms with Gasteiger partial charge in [-0.15, -0.1) is 0 Å². The lowest BCUT2D eigenvalue weighted by molar-refractivity contribution is 0.202. The minimum absolute atomic E-state index is 0.343. The molecule has 3 nitrogen and oxygen atoms in total. The second-order valence-electron chi connectivity index (χ2n) is 3.05. The van der Waals surface area contributed by atoms with E-state index in [9.17, 15) is 8.78 Å². The lowest BCUT2D eigenvalue weighted by Crippen LogP contribution is -2.39. The van der Waals surface area contributed by atoms with Crippen LogP contribution in [0, 0.1) is 11.6 Å². The van der Waals surface area contributed by atoms with Crippen LogP contribution < -0.4 is 5.73 Å². The quantitative estimate of drug-likeness (QED) is 0.711. The molecule has 0 saturated carbocycles. The molecule has 0 aliphatic heterocycles. The van der Waals surface area contributed by atoms with Crippen molar-refractivity contribution in [1.29, 1.82) is 0 Å². The first-order chi connectivity index (χ1) is 5.99. The molecule has 0 amide bonds. The summed E-state index contributed by atoms with van der Waals surface area (Å²) in [5.41, 5.74) is 3.72. The topological polar surface area (TPSA) is 59.1 Å². The zero-order valence-corrected chi connectivity index (χ0v) is 7.09. The van der Waals surface area contributed by atoms with E-state index >= 15 is 0 Å². The molecule has 1 aromatic rings. The van der Waals surface area contributed by atoms with Gasteiger partial charge in [-0.1, -0.05) is 0 Å². The largest absolute Gasteiger partial charge is 0.394 e. The predicted octanol–water partition coefficient (Wildman–Crippen LogP) is 0.526. The molecule has 0 spiro atoms. The van der Waals surface area contributed by atoms with Crippen LogP contribution in [-0.2, 0) is 5.54 Å². The zero-order valence-electron chi connectivity index (χ0n) is 7.09.